The van der Waals surface area contributed by atoms with Crippen LogP contribution in [0.2, 0.25) is 0 Å². The Morgan fingerprint density at radius 3 is 2.20 bits per heavy atom. The number of amides is 1. The third kappa shape index (κ3) is 4.54. The molecule has 0 aromatic carbocycles. The van der Waals surface area contributed by atoms with Crippen molar-refractivity contribution in [3.05, 3.63) is 0 Å². The van der Waals surface area contributed by atoms with Crippen molar-refractivity contribution in [2.24, 2.45) is 5.73 Å². The zero-order valence-corrected chi connectivity index (χ0v) is 8.50. The molecule has 4 atom stereocenters. The van der Waals surface area contributed by atoms with E-state index in [4.69, 9.17) is 15.9 Å². The Bertz CT molecular complexity index is 201. The minimum atomic E-state index is -1.56. The molecule has 0 heterocycles. The van der Waals surface area contributed by atoms with Crippen molar-refractivity contribution in [2.75, 3.05) is 13.2 Å². The molecule has 0 saturated carbocycles. The molecule has 0 spiro atoms. The van der Waals surface area contributed by atoms with Gasteiger partial charge in [-0.05, 0) is 0 Å². The van der Waals surface area contributed by atoms with Crippen molar-refractivity contribution in [3.8, 4) is 0 Å². The number of nitrogens with one attached hydrogen (secondary N) is 1. The molecule has 0 bridgehead atoms. The molecule has 0 radical (unpaired) electrons. The summed E-state index contributed by atoms with van der Waals surface area (Å²) in [5.74, 6) is -0.407. The second kappa shape index (κ2) is 6.70. The van der Waals surface area contributed by atoms with Gasteiger partial charge >= 0.3 is 0 Å². The molecule has 0 aromatic heterocycles. The Morgan fingerprint density at radius 1 is 1.33 bits per heavy atom. The summed E-state index contributed by atoms with van der Waals surface area (Å²) in [5, 5.41) is 38.8. The van der Waals surface area contributed by atoms with Crippen molar-refractivity contribution in [2.45, 2.75) is 31.3 Å². The number of hydrogen-bond donors (Lipinski definition) is 6. The molecule has 0 aliphatic carbocycles. The smallest absolute Gasteiger partial charge is 0.217 e. The number of rotatable bonds is 6. The molecule has 0 aliphatic heterocycles. The molecule has 0 rings (SSSR count). The lowest BCUT2D eigenvalue weighted by atomic mass is 10.0. The molecule has 7 nitrogen and oxygen atoms in total. The quantitative estimate of drug-likeness (QED) is 0.276. The van der Waals surface area contributed by atoms with Gasteiger partial charge in [0.25, 0.3) is 0 Å². The van der Waals surface area contributed by atoms with E-state index >= 15 is 0 Å². The SMILES string of the molecule is CC(=O)N[C@H](CN)[C@H](O)[C@@H](O)[C@@H](O)CO. The molecule has 0 unspecified atom stereocenters. The van der Waals surface area contributed by atoms with Crippen LogP contribution in [-0.2, 0) is 4.79 Å². The lowest BCUT2D eigenvalue weighted by Crippen LogP contribution is -2.55. The highest BCUT2D eigenvalue weighted by atomic mass is 16.4. The average Bonchev–Trinajstić information content (AvgIpc) is 2.22. The van der Waals surface area contributed by atoms with Crippen LogP contribution in [0.1, 0.15) is 6.92 Å². The average molecular weight is 222 g/mol. The normalized spacial score (nSPS) is 19.1. The Hall–Kier alpha value is -0.730. The van der Waals surface area contributed by atoms with Gasteiger partial charge in [-0.1, -0.05) is 0 Å². The second-order valence-corrected chi connectivity index (χ2v) is 3.27. The number of carbonyl (C=O) groups is 1. The van der Waals surface area contributed by atoms with E-state index in [-0.39, 0.29) is 6.54 Å². The zero-order valence-electron chi connectivity index (χ0n) is 8.50. The zero-order chi connectivity index (χ0) is 12.0. The van der Waals surface area contributed by atoms with E-state index < -0.39 is 36.9 Å². The first-order valence-corrected chi connectivity index (χ1v) is 4.56. The third-order valence-electron chi connectivity index (χ3n) is 1.99. The van der Waals surface area contributed by atoms with Crippen LogP contribution in [0.3, 0.4) is 0 Å². The highest BCUT2D eigenvalue weighted by Crippen LogP contribution is 2.04. The van der Waals surface area contributed by atoms with Crippen molar-refractivity contribution < 1.29 is 25.2 Å². The largest absolute Gasteiger partial charge is 0.394 e. The standard InChI is InChI=1S/C8H18N2O5/c1-4(12)10-5(2-9)7(14)8(15)6(13)3-11/h5-8,11,13-15H,2-3,9H2,1H3,(H,10,12)/t5-,6+,7+,8+/m1/s1. The van der Waals surface area contributed by atoms with Gasteiger partial charge < -0.3 is 31.5 Å². The topological polar surface area (TPSA) is 136 Å². The monoisotopic (exact) mass is 222 g/mol. The maximum absolute atomic E-state index is 10.7. The van der Waals surface area contributed by atoms with Crippen molar-refractivity contribution in [1.29, 1.82) is 0 Å². The summed E-state index contributed by atoms with van der Waals surface area (Å²) in [6, 6.07) is -0.862. The summed E-state index contributed by atoms with van der Waals surface area (Å²) in [6.07, 6.45) is -4.46. The van der Waals surface area contributed by atoms with Gasteiger partial charge in [0.2, 0.25) is 5.91 Å². The fourth-order valence-corrected chi connectivity index (χ4v) is 1.12. The molecule has 1 amide bonds. The molecular weight excluding hydrogens is 204 g/mol. The van der Waals surface area contributed by atoms with Crippen LogP contribution >= 0.6 is 0 Å². The van der Waals surface area contributed by atoms with Crippen LogP contribution in [0.5, 0.6) is 0 Å². The first-order valence-electron chi connectivity index (χ1n) is 4.56. The number of hydrogen-bond acceptors (Lipinski definition) is 6. The maximum Gasteiger partial charge on any atom is 0.217 e. The number of aliphatic hydroxyl groups excluding tert-OH is 4. The number of carbonyl (C=O) groups excluding carboxylic acids is 1. The minimum absolute atomic E-state index is 0.0873. The van der Waals surface area contributed by atoms with Crippen LogP contribution in [0.15, 0.2) is 0 Å². The summed E-state index contributed by atoms with van der Waals surface area (Å²) < 4.78 is 0. The number of aliphatic hydroxyl groups is 4. The summed E-state index contributed by atoms with van der Waals surface area (Å²) in [4.78, 5) is 10.7. The lowest BCUT2D eigenvalue weighted by Gasteiger charge is -2.28. The maximum atomic E-state index is 10.7. The third-order valence-corrected chi connectivity index (χ3v) is 1.99. The molecular formula is C8H18N2O5. The number of nitrogens with two attached hydrogens (primary N) is 1. The van der Waals surface area contributed by atoms with E-state index in [1.807, 2.05) is 0 Å². The van der Waals surface area contributed by atoms with Crippen molar-refractivity contribution >= 4 is 5.91 Å². The Morgan fingerprint density at radius 2 is 1.87 bits per heavy atom. The fourth-order valence-electron chi connectivity index (χ4n) is 1.12. The highest BCUT2D eigenvalue weighted by molar-refractivity contribution is 5.73. The van der Waals surface area contributed by atoms with Crippen LogP contribution < -0.4 is 11.1 Å². The van der Waals surface area contributed by atoms with E-state index in [1.54, 1.807) is 0 Å². The van der Waals surface area contributed by atoms with E-state index in [0.29, 0.717) is 0 Å². The molecule has 90 valence electrons. The van der Waals surface area contributed by atoms with E-state index in [1.165, 1.54) is 6.92 Å². The van der Waals surface area contributed by atoms with Crippen LogP contribution in [0, 0.1) is 0 Å². The highest BCUT2D eigenvalue weighted by Gasteiger charge is 2.30. The Labute approximate surface area is 87.5 Å². The predicted molar refractivity (Wildman–Crippen MR) is 51.8 cm³/mol. The van der Waals surface area contributed by atoms with Gasteiger partial charge in [0.05, 0.1) is 12.6 Å². The summed E-state index contributed by atoms with van der Waals surface area (Å²) in [6.45, 7) is 0.468. The Balaban J connectivity index is 4.35. The van der Waals surface area contributed by atoms with Gasteiger partial charge in [0.15, 0.2) is 0 Å². The molecule has 0 aromatic rings. The van der Waals surface area contributed by atoms with Crippen molar-refractivity contribution in [1.82, 2.24) is 5.32 Å². The first kappa shape index (κ1) is 14.3. The molecule has 7 N–H and O–H groups in total. The van der Waals surface area contributed by atoms with Gasteiger partial charge in [0.1, 0.15) is 18.3 Å². The van der Waals surface area contributed by atoms with Gasteiger partial charge in [-0.2, -0.15) is 0 Å². The molecule has 7 heteroatoms. The fraction of sp³-hybridized carbons (Fsp3) is 0.875. The van der Waals surface area contributed by atoms with Gasteiger partial charge in [-0.3, -0.25) is 4.79 Å². The predicted octanol–water partition coefficient (Wildman–Crippen LogP) is -3.48. The van der Waals surface area contributed by atoms with Crippen molar-refractivity contribution in [3.63, 3.8) is 0 Å². The van der Waals surface area contributed by atoms with E-state index in [0.717, 1.165) is 0 Å². The molecule has 0 saturated heterocycles. The first-order chi connectivity index (χ1) is 6.93. The van der Waals surface area contributed by atoms with E-state index in [2.05, 4.69) is 5.32 Å². The summed E-state index contributed by atoms with van der Waals surface area (Å²) in [5.41, 5.74) is 5.27. The minimum Gasteiger partial charge on any atom is -0.394 e. The summed E-state index contributed by atoms with van der Waals surface area (Å²) in [7, 11) is 0. The van der Waals surface area contributed by atoms with E-state index in [9.17, 15) is 15.0 Å². The van der Waals surface area contributed by atoms with Gasteiger partial charge in [-0.25, -0.2) is 0 Å². The Kier molecular flexibility index (Phi) is 6.37. The lowest BCUT2D eigenvalue weighted by molar-refractivity contribution is -0.123. The second-order valence-electron chi connectivity index (χ2n) is 3.27. The van der Waals surface area contributed by atoms with Gasteiger partial charge in [-0.15, -0.1) is 0 Å². The van der Waals surface area contributed by atoms with Crippen LogP contribution in [0.4, 0.5) is 0 Å². The van der Waals surface area contributed by atoms with Crippen LogP contribution in [-0.4, -0.2) is 63.8 Å². The van der Waals surface area contributed by atoms with Gasteiger partial charge in [0, 0.05) is 13.5 Å². The summed E-state index contributed by atoms with van der Waals surface area (Å²) >= 11 is 0. The molecule has 0 fully saturated rings. The molecule has 15 heavy (non-hydrogen) atoms. The molecule has 0 aliphatic rings. The van der Waals surface area contributed by atoms with Crippen LogP contribution in [0.25, 0.3) is 0 Å².